The molecule has 1 aromatic rings. The Kier molecular flexibility index (Phi) is 3.97. The fraction of sp³-hybridized carbons (Fsp3) is 0.429. The van der Waals surface area contributed by atoms with Crippen LogP contribution in [0.15, 0.2) is 24.3 Å². The van der Waals surface area contributed by atoms with Crippen LogP contribution >= 0.6 is 0 Å². The van der Waals surface area contributed by atoms with E-state index >= 15 is 0 Å². The minimum atomic E-state index is -0.285. The molecule has 0 spiro atoms. The van der Waals surface area contributed by atoms with Crippen molar-refractivity contribution < 1.29 is 9.59 Å². The van der Waals surface area contributed by atoms with E-state index in [4.69, 9.17) is 0 Å². The Morgan fingerprint density at radius 1 is 1.28 bits per heavy atom. The first-order valence-electron chi connectivity index (χ1n) is 6.35. The summed E-state index contributed by atoms with van der Waals surface area (Å²) in [7, 11) is 0. The summed E-state index contributed by atoms with van der Waals surface area (Å²) in [5.41, 5.74) is 2.41. The van der Waals surface area contributed by atoms with Gasteiger partial charge >= 0.3 is 6.03 Å². The van der Waals surface area contributed by atoms with Gasteiger partial charge in [0.2, 0.25) is 5.91 Å². The van der Waals surface area contributed by atoms with Gasteiger partial charge in [0.05, 0.1) is 0 Å². The first-order valence-corrected chi connectivity index (χ1v) is 6.35. The Morgan fingerprint density at radius 3 is 2.78 bits per heavy atom. The minimum absolute atomic E-state index is 0.184. The van der Waals surface area contributed by atoms with E-state index in [0.717, 1.165) is 18.4 Å². The number of amides is 3. The average molecular weight is 246 g/mol. The van der Waals surface area contributed by atoms with Crippen LogP contribution in [0.1, 0.15) is 30.9 Å². The van der Waals surface area contributed by atoms with Gasteiger partial charge in [0.15, 0.2) is 0 Å². The number of urea groups is 1. The number of aryl methyl sites for hydroxylation is 1. The van der Waals surface area contributed by atoms with E-state index in [1.54, 1.807) is 4.90 Å². The van der Waals surface area contributed by atoms with Crippen molar-refractivity contribution in [3.8, 4) is 0 Å². The van der Waals surface area contributed by atoms with E-state index < -0.39 is 0 Å². The molecule has 0 atom stereocenters. The number of carbonyl (C=O) groups is 2. The van der Waals surface area contributed by atoms with Crippen LogP contribution in [0.25, 0.3) is 0 Å². The third-order valence-electron chi connectivity index (χ3n) is 3.05. The van der Waals surface area contributed by atoms with Crippen LogP contribution in [-0.2, 0) is 17.8 Å². The van der Waals surface area contributed by atoms with Gasteiger partial charge in [0.25, 0.3) is 0 Å². The van der Waals surface area contributed by atoms with E-state index in [2.05, 4.69) is 24.4 Å². The smallest absolute Gasteiger partial charge is 0.320 e. The number of rotatable bonds is 4. The van der Waals surface area contributed by atoms with E-state index in [-0.39, 0.29) is 11.9 Å². The van der Waals surface area contributed by atoms with E-state index in [0.29, 0.717) is 19.5 Å². The van der Waals surface area contributed by atoms with E-state index in [1.165, 1.54) is 5.56 Å². The minimum Gasteiger partial charge on any atom is -0.320 e. The van der Waals surface area contributed by atoms with Crippen LogP contribution in [0.4, 0.5) is 4.79 Å². The Balaban J connectivity index is 2.02. The van der Waals surface area contributed by atoms with Gasteiger partial charge < -0.3 is 4.90 Å². The Morgan fingerprint density at radius 2 is 2.06 bits per heavy atom. The molecule has 1 aliphatic rings. The molecular formula is C14H18N2O2. The molecule has 0 aliphatic carbocycles. The molecule has 0 radical (unpaired) electrons. The quantitative estimate of drug-likeness (QED) is 0.884. The zero-order valence-corrected chi connectivity index (χ0v) is 10.6. The predicted octanol–water partition coefficient (Wildman–Crippen LogP) is 2.08. The summed E-state index contributed by atoms with van der Waals surface area (Å²) in [4.78, 5) is 24.3. The lowest BCUT2D eigenvalue weighted by Gasteiger charge is -2.26. The molecule has 1 heterocycles. The zero-order valence-electron chi connectivity index (χ0n) is 10.6. The largest absolute Gasteiger partial charge is 0.324 e. The molecule has 96 valence electrons. The number of carbonyl (C=O) groups excluding carboxylic acids is 2. The van der Waals surface area contributed by atoms with Crippen molar-refractivity contribution in [2.75, 3.05) is 6.54 Å². The van der Waals surface area contributed by atoms with Crippen molar-refractivity contribution in [2.45, 2.75) is 32.7 Å². The summed E-state index contributed by atoms with van der Waals surface area (Å²) < 4.78 is 0. The van der Waals surface area contributed by atoms with Crippen LogP contribution in [0.5, 0.6) is 0 Å². The number of hydrogen-bond donors (Lipinski definition) is 1. The van der Waals surface area contributed by atoms with Gasteiger partial charge in [-0.3, -0.25) is 10.1 Å². The van der Waals surface area contributed by atoms with Crippen molar-refractivity contribution in [3.05, 3.63) is 35.4 Å². The summed E-state index contributed by atoms with van der Waals surface area (Å²) in [5, 5.41) is 2.34. The van der Waals surface area contributed by atoms with Crippen LogP contribution in [0.2, 0.25) is 0 Å². The fourth-order valence-corrected chi connectivity index (χ4v) is 2.14. The highest BCUT2D eigenvalue weighted by molar-refractivity contribution is 5.96. The second kappa shape index (κ2) is 5.67. The molecule has 1 aliphatic heterocycles. The highest BCUT2D eigenvalue weighted by Gasteiger charge is 2.22. The Bertz CT molecular complexity index is 457. The summed E-state index contributed by atoms with van der Waals surface area (Å²) in [6, 6.07) is 7.99. The van der Waals surface area contributed by atoms with E-state index in [9.17, 15) is 9.59 Å². The van der Waals surface area contributed by atoms with Crippen LogP contribution in [0, 0.1) is 0 Å². The van der Waals surface area contributed by atoms with Crippen molar-refractivity contribution in [1.29, 1.82) is 0 Å². The lowest BCUT2D eigenvalue weighted by atomic mass is 10.1. The van der Waals surface area contributed by atoms with Crippen LogP contribution in [-0.4, -0.2) is 23.4 Å². The van der Waals surface area contributed by atoms with Crippen molar-refractivity contribution in [3.63, 3.8) is 0 Å². The summed E-state index contributed by atoms with van der Waals surface area (Å²) in [5.74, 6) is -0.184. The van der Waals surface area contributed by atoms with Crippen molar-refractivity contribution >= 4 is 11.9 Å². The second-order valence-electron chi connectivity index (χ2n) is 4.59. The van der Waals surface area contributed by atoms with Crippen molar-refractivity contribution in [2.24, 2.45) is 0 Å². The SMILES string of the molecule is CCCc1cccc(CN2CCC(=O)NC2=O)c1. The normalized spacial score (nSPS) is 15.7. The number of hydrogen-bond acceptors (Lipinski definition) is 2. The van der Waals surface area contributed by atoms with Gasteiger partial charge in [-0.15, -0.1) is 0 Å². The fourth-order valence-electron chi connectivity index (χ4n) is 2.14. The standard InChI is InChI=1S/C14H18N2O2/c1-2-4-11-5-3-6-12(9-11)10-16-8-7-13(17)15-14(16)18/h3,5-6,9H,2,4,7-8,10H2,1H3,(H,15,17,18). The molecule has 4 heteroatoms. The first kappa shape index (κ1) is 12.6. The van der Waals surface area contributed by atoms with Gasteiger partial charge in [0.1, 0.15) is 0 Å². The molecule has 1 aromatic carbocycles. The molecule has 1 saturated heterocycles. The van der Waals surface area contributed by atoms with Gasteiger partial charge in [-0.2, -0.15) is 0 Å². The monoisotopic (exact) mass is 246 g/mol. The van der Waals surface area contributed by atoms with Gasteiger partial charge in [0, 0.05) is 19.5 Å². The lowest BCUT2D eigenvalue weighted by Crippen LogP contribution is -2.48. The third kappa shape index (κ3) is 3.09. The summed E-state index contributed by atoms with van der Waals surface area (Å²) in [6.45, 7) is 3.22. The number of imide groups is 1. The molecule has 4 nitrogen and oxygen atoms in total. The van der Waals surface area contributed by atoms with Gasteiger partial charge in [-0.25, -0.2) is 4.79 Å². The van der Waals surface area contributed by atoms with Crippen LogP contribution in [0.3, 0.4) is 0 Å². The number of nitrogens with zero attached hydrogens (tertiary/aromatic N) is 1. The molecule has 2 rings (SSSR count). The second-order valence-corrected chi connectivity index (χ2v) is 4.59. The van der Waals surface area contributed by atoms with E-state index in [1.807, 2.05) is 12.1 Å². The topological polar surface area (TPSA) is 49.4 Å². The molecule has 0 aromatic heterocycles. The highest BCUT2D eigenvalue weighted by Crippen LogP contribution is 2.12. The molecule has 3 amide bonds. The molecular weight excluding hydrogens is 228 g/mol. The maximum absolute atomic E-state index is 11.6. The molecule has 0 unspecified atom stereocenters. The molecule has 1 N–H and O–H groups in total. The maximum Gasteiger partial charge on any atom is 0.324 e. The van der Waals surface area contributed by atoms with Crippen molar-refractivity contribution in [1.82, 2.24) is 10.2 Å². The Labute approximate surface area is 107 Å². The van der Waals surface area contributed by atoms with Gasteiger partial charge in [-0.1, -0.05) is 37.6 Å². The summed E-state index contributed by atoms with van der Waals surface area (Å²) >= 11 is 0. The lowest BCUT2D eigenvalue weighted by molar-refractivity contribution is -0.121. The predicted molar refractivity (Wildman–Crippen MR) is 69.0 cm³/mol. The molecule has 1 fully saturated rings. The molecule has 0 saturated carbocycles. The third-order valence-corrected chi connectivity index (χ3v) is 3.05. The first-order chi connectivity index (χ1) is 8.69. The maximum atomic E-state index is 11.6. The highest BCUT2D eigenvalue weighted by atomic mass is 16.2. The zero-order chi connectivity index (χ0) is 13.0. The average Bonchev–Trinajstić information content (AvgIpc) is 2.34. The van der Waals surface area contributed by atoms with Gasteiger partial charge in [-0.05, 0) is 17.5 Å². The molecule has 18 heavy (non-hydrogen) atoms. The Hall–Kier alpha value is -1.84. The number of benzene rings is 1. The summed E-state index contributed by atoms with van der Waals surface area (Å²) in [6.07, 6.45) is 2.56. The number of nitrogens with one attached hydrogen (secondary N) is 1. The van der Waals surface area contributed by atoms with Crippen LogP contribution < -0.4 is 5.32 Å². The molecule has 0 bridgehead atoms.